The lowest BCUT2D eigenvalue weighted by Gasteiger charge is -2.30. The normalized spacial score (nSPS) is 17.2. The molecule has 1 aliphatic rings. The van der Waals surface area contributed by atoms with Gasteiger partial charge in [-0.3, -0.25) is 0 Å². The minimum atomic E-state index is -0.935. The van der Waals surface area contributed by atoms with E-state index < -0.39 is 11.6 Å². The van der Waals surface area contributed by atoms with Gasteiger partial charge in [0, 0.05) is 12.8 Å². The Morgan fingerprint density at radius 1 is 1.21 bits per heavy atom. The number of esters is 1. The molecule has 4 nitrogen and oxygen atoms in total. The molecule has 4 heteroatoms. The minimum absolute atomic E-state index is 0.159. The summed E-state index contributed by atoms with van der Waals surface area (Å²) in [6.45, 7) is -0.159. The summed E-state index contributed by atoms with van der Waals surface area (Å²) in [5.74, 6) is 0.140. The summed E-state index contributed by atoms with van der Waals surface area (Å²) < 4.78 is 10.6. The van der Waals surface area contributed by atoms with E-state index in [0.29, 0.717) is 18.6 Å². The average Bonchev–Trinajstić information content (AvgIpc) is 2.47. The largest absolute Gasteiger partial charge is 0.482 e. The van der Waals surface area contributed by atoms with Crippen LogP contribution >= 0.6 is 0 Å². The first kappa shape index (κ1) is 13.4. The van der Waals surface area contributed by atoms with Crippen LogP contribution in [0.1, 0.15) is 32.1 Å². The van der Waals surface area contributed by atoms with Gasteiger partial charge in [0.15, 0.2) is 12.2 Å². The molecule has 0 aromatic heterocycles. The molecule has 1 fully saturated rings. The maximum atomic E-state index is 11.8. The van der Waals surface area contributed by atoms with Gasteiger partial charge in [0.25, 0.3) is 0 Å². The number of carbonyl (C=O) groups excluding carboxylic acids is 1. The second-order valence-corrected chi connectivity index (χ2v) is 4.74. The quantitative estimate of drug-likeness (QED) is 0.780. The standard InChI is InChI=1S/C15H17NO3/c16-12-15(9-5-2-6-10-15)19-14(17)11-18-13-7-3-1-4-8-13/h1,3-4,7-8H,2,5-6,9-11H2. The maximum Gasteiger partial charge on any atom is 0.345 e. The lowest BCUT2D eigenvalue weighted by molar-refractivity contribution is -0.159. The molecule has 1 saturated carbocycles. The molecule has 0 bridgehead atoms. The number of ether oxygens (including phenoxy) is 2. The van der Waals surface area contributed by atoms with Crippen molar-refractivity contribution in [3.05, 3.63) is 30.3 Å². The molecule has 0 atom stereocenters. The lowest BCUT2D eigenvalue weighted by atomic mass is 9.86. The van der Waals surface area contributed by atoms with E-state index in [0.717, 1.165) is 19.3 Å². The van der Waals surface area contributed by atoms with Crippen LogP contribution in [0.4, 0.5) is 0 Å². The second-order valence-electron chi connectivity index (χ2n) is 4.74. The summed E-state index contributed by atoms with van der Waals surface area (Å²) in [7, 11) is 0. The topological polar surface area (TPSA) is 59.3 Å². The van der Waals surface area contributed by atoms with Gasteiger partial charge in [-0.25, -0.2) is 4.79 Å². The molecule has 0 aliphatic heterocycles. The summed E-state index contributed by atoms with van der Waals surface area (Å²) in [6.07, 6.45) is 4.21. The Morgan fingerprint density at radius 2 is 1.89 bits per heavy atom. The first-order chi connectivity index (χ1) is 9.24. The zero-order valence-corrected chi connectivity index (χ0v) is 10.8. The molecule has 2 rings (SSSR count). The SMILES string of the molecule is N#CC1(OC(=O)COc2ccccc2)CCCCC1. The highest BCUT2D eigenvalue weighted by Crippen LogP contribution is 2.31. The van der Waals surface area contributed by atoms with Crippen LogP contribution < -0.4 is 4.74 Å². The molecule has 0 radical (unpaired) electrons. The van der Waals surface area contributed by atoms with Crippen molar-refractivity contribution in [1.82, 2.24) is 0 Å². The van der Waals surface area contributed by atoms with Crippen molar-refractivity contribution in [1.29, 1.82) is 5.26 Å². The van der Waals surface area contributed by atoms with Gasteiger partial charge in [-0.15, -0.1) is 0 Å². The van der Waals surface area contributed by atoms with E-state index in [1.165, 1.54) is 0 Å². The van der Waals surface area contributed by atoms with E-state index in [-0.39, 0.29) is 6.61 Å². The fraction of sp³-hybridized carbons (Fsp3) is 0.467. The molecular weight excluding hydrogens is 242 g/mol. The van der Waals surface area contributed by atoms with E-state index in [1.54, 1.807) is 12.1 Å². The van der Waals surface area contributed by atoms with Crippen LogP contribution in [-0.4, -0.2) is 18.2 Å². The van der Waals surface area contributed by atoms with E-state index in [2.05, 4.69) is 6.07 Å². The highest BCUT2D eigenvalue weighted by molar-refractivity contribution is 5.72. The monoisotopic (exact) mass is 259 g/mol. The molecular formula is C15H17NO3. The van der Waals surface area contributed by atoms with Crippen molar-refractivity contribution in [2.45, 2.75) is 37.7 Å². The van der Waals surface area contributed by atoms with Gasteiger partial charge in [0.05, 0.1) is 0 Å². The van der Waals surface area contributed by atoms with Crippen LogP contribution in [0.15, 0.2) is 30.3 Å². The number of carbonyl (C=O) groups is 1. The van der Waals surface area contributed by atoms with Gasteiger partial charge in [-0.05, 0) is 25.0 Å². The summed E-state index contributed by atoms with van der Waals surface area (Å²) in [5, 5.41) is 9.21. The zero-order valence-electron chi connectivity index (χ0n) is 10.8. The van der Waals surface area contributed by atoms with Crippen molar-refractivity contribution < 1.29 is 14.3 Å². The Bertz CT molecular complexity index is 458. The predicted octanol–water partition coefficient (Wildman–Crippen LogP) is 2.84. The second kappa shape index (κ2) is 6.24. The molecule has 0 amide bonds. The third-order valence-corrected chi connectivity index (χ3v) is 3.27. The number of rotatable bonds is 4. The van der Waals surface area contributed by atoms with Gasteiger partial charge in [0.2, 0.25) is 0 Å². The van der Waals surface area contributed by atoms with Gasteiger partial charge < -0.3 is 9.47 Å². The summed E-state index contributed by atoms with van der Waals surface area (Å²) >= 11 is 0. The Balaban J connectivity index is 1.85. The average molecular weight is 259 g/mol. The van der Waals surface area contributed by atoms with Gasteiger partial charge in [0.1, 0.15) is 11.8 Å². The summed E-state index contributed by atoms with van der Waals surface area (Å²) in [4.78, 5) is 11.8. The molecule has 0 N–H and O–H groups in total. The predicted molar refractivity (Wildman–Crippen MR) is 69.5 cm³/mol. The zero-order chi connectivity index (χ0) is 13.6. The Labute approximate surface area is 112 Å². The molecule has 1 aromatic rings. The molecule has 1 aromatic carbocycles. The molecule has 0 spiro atoms. The molecule has 0 unspecified atom stereocenters. The molecule has 100 valence electrons. The van der Waals surface area contributed by atoms with Crippen LogP contribution in [0.25, 0.3) is 0 Å². The third kappa shape index (κ3) is 3.72. The van der Waals surface area contributed by atoms with E-state index in [4.69, 9.17) is 9.47 Å². The van der Waals surface area contributed by atoms with Crippen LogP contribution in [0.5, 0.6) is 5.75 Å². The molecule has 1 aliphatic carbocycles. The van der Waals surface area contributed by atoms with Crippen LogP contribution in [0.2, 0.25) is 0 Å². The number of hydrogen-bond donors (Lipinski definition) is 0. The number of nitrogens with zero attached hydrogens (tertiary/aromatic N) is 1. The van der Waals surface area contributed by atoms with Crippen molar-refractivity contribution in [3.8, 4) is 11.8 Å². The van der Waals surface area contributed by atoms with Gasteiger partial charge in [-0.2, -0.15) is 5.26 Å². The van der Waals surface area contributed by atoms with Crippen molar-refractivity contribution >= 4 is 5.97 Å². The van der Waals surface area contributed by atoms with Crippen LogP contribution in [0.3, 0.4) is 0 Å². The highest BCUT2D eigenvalue weighted by atomic mass is 16.6. The van der Waals surface area contributed by atoms with E-state index in [9.17, 15) is 10.1 Å². The van der Waals surface area contributed by atoms with Crippen molar-refractivity contribution in [2.75, 3.05) is 6.61 Å². The van der Waals surface area contributed by atoms with E-state index >= 15 is 0 Å². The Hall–Kier alpha value is -2.02. The Kier molecular flexibility index (Phi) is 4.40. The summed E-state index contributed by atoms with van der Waals surface area (Å²) in [6, 6.07) is 11.2. The van der Waals surface area contributed by atoms with Crippen molar-refractivity contribution in [3.63, 3.8) is 0 Å². The van der Waals surface area contributed by atoms with Crippen LogP contribution in [-0.2, 0) is 9.53 Å². The van der Waals surface area contributed by atoms with Gasteiger partial charge >= 0.3 is 5.97 Å². The van der Waals surface area contributed by atoms with E-state index in [1.807, 2.05) is 18.2 Å². The van der Waals surface area contributed by atoms with Gasteiger partial charge in [-0.1, -0.05) is 24.6 Å². The number of nitriles is 1. The number of para-hydroxylation sites is 1. The fourth-order valence-electron chi connectivity index (χ4n) is 2.27. The highest BCUT2D eigenvalue weighted by Gasteiger charge is 2.36. The molecule has 0 saturated heterocycles. The summed E-state index contributed by atoms with van der Waals surface area (Å²) in [5.41, 5.74) is -0.935. The smallest absolute Gasteiger partial charge is 0.345 e. The number of benzene rings is 1. The molecule has 19 heavy (non-hydrogen) atoms. The number of hydrogen-bond acceptors (Lipinski definition) is 4. The first-order valence-electron chi connectivity index (χ1n) is 6.55. The van der Waals surface area contributed by atoms with Crippen molar-refractivity contribution in [2.24, 2.45) is 0 Å². The minimum Gasteiger partial charge on any atom is -0.482 e. The van der Waals surface area contributed by atoms with Crippen LogP contribution in [0, 0.1) is 11.3 Å². The fourth-order valence-corrected chi connectivity index (χ4v) is 2.27. The maximum absolute atomic E-state index is 11.8. The molecule has 0 heterocycles. The lowest BCUT2D eigenvalue weighted by Crippen LogP contribution is -2.37. The first-order valence-corrected chi connectivity index (χ1v) is 6.55. The third-order valence-electron chi connectivity index (χ3n) is 3.27. The Morgan fingerprint density at radius 3 is 2.53 bits per heavy atom.